The monoisotopic (exact) mass is 288 g/mol. The number of nitrogens with two attached hydrogens (primary N) is 1. The predicted molar refractivity (Wildman–Crippen MR) is 76.8 cm³/mol. The number of carbonyl (C=O) groups excluding carboxylic acids is 2. The normalized spacial score (nSPS) is 10.1. The molecule has 6 heteroatoms. The first-order valence-electron chi connectivity index (χ1n) is 6.47. The Morgan fingerprint density at radius 3 is 2.81 bits per heavy atom. The van der Waals surface area contributed by atoms with Crippen LogP contribution in [0.4, 0.5) is 5.69 Å². The number of amides is 2. The van der Waals surface area contributed by atoms with Crippen LogP contribution in [0.15, 0.2) is 47.1 Å². The van der Waals surface area contributed by atoms with Gasteiger partial charge in [0.15, 0.2) is 6.61 Å². The largest absolute Gasteiger partial charge is 0.484 e. The van der Waals surface area contributed by atoms with E-state index in [9.17, 15) is 9.59 Å². The number of anilines is 1. The average Bonchev–Trinajstić information content (AvgIpc) is 2.97. The van der Waals surface area contributed by atoms with Gasteiger partial charge in [0.2, 0.25) is 5.91 Å². The van der Waals surface area contributed by atoms with Crippen LogP contribution in [0, 0.1) is 0 Å². The van der Waals surface area contributed by atoms with Crippen LogP contribution in [0.2, 0.25) is 0 Å². The molecule has 0 atom stereocenters. The second-order valence-electron chi connectivity index (χ2n) is 4.41. The molecule has 0 aliphatic heterocycles. The highest BCUT2D eigenvalue weighted by molar-refractivity contribution is 5.91. The Bertz CT molecular complexity index is 608. The maximum absolute atomic E-state index is 11.8. The quantitative estimate of drug-likeness (QED) is 0.811. The molecule has 0 unspecified atom stereocenters. The molecule has 0 saturated carbocycles. The lowest BCUT2D eigenvalue weighted by Gasteiger charge is -2.08. The summed E-state index contributed by atoms with van der Waals surface area (Å²) in [6.07, 6.45) is 2.43. The fourth-order valence-electron chi connectivity index (χ4n) is 1.73. The van der Waals surface area contributed by atoms with Crippen molar-refractivity contribution in [3.63, 3.8) is 0 Å². The van der Waals surface area contributed by atoms with Crippen LogP contribution in [0.3, 0.4) is 0 Å². The molecule has 2 rings (SSSR count). The third-order valence-electron chi connectivity index (χ3n) is 2.68. The van der Waals surface area contributed by atoms with E-state index in [0.717, 1.165) is 5.76 Å². The summed E-state index contributed by atoms with van der Waals surface area (Å²) in [4.78, 5) is 22.5. The minimum Gasteiger partial charge on any atom is -0.484 e. The van der Waals surface area contributed by atoms with E-state index in [-0.39, 0.29) is 12.5 Å². The molecule has 1 aromatic carbocycles. The van der Waals surface area contributed by atoms with Gasteiger partial charge >= 0.3 is 0 Å². The van der Waals surface area contributed by atoms with Crippen molar-refractivity contribution in [2.45, 2.75) is 12.8 Å². The van der Waals surface area contributed by atoms with E-state index in [1.54, 1.807) is 36.6 Å². The number of aryl methyl sites for hydroxylation is 1. The summed E-state index contributed by atoms with van der Waals surface area (Å²) in [5.74, 6) is 0.558. The van der Waals surface area contributed by atoms with Crippen LogP contribution in [-0.2, 0) is 16.0 Å². The molecular weight excluding hydrogens is 272 g/mol. The zero-order valence-electron chi connectivity index (χ0n) is 11.4. The minimum atomic E-state index is -0.553. The van der Waals surface area contributed by atoms with E-state index in [0.29, 0.717) is 24.3 Å². The molecule has 6 nitrogen and oxygen atoms in total. The van der Waals surface area contributed by atoms with E-state index in [4.69, 9.17) is 14.9 Å². The average molecular weight is 288 g/mol. The summed E-state index contributed by atoms with van der Waals surface area (Å²) in [7, 11) is 0. The van der Waals surface area contributed by atoms with Crippen molar-refractivity contribution in [3.8, 4) is 5.75 Å². The molecule has 1 heterocycles. The second kappa shape index (κ2) is 7.14. The number of furan rings is 1. The Kier molecular flexibility index (Phi) is 4.98. The van der Waals surface area contributed by atoms with E-state index in [2.05, 4.69) is 5.32 Å². The smallest absolute Gasteiger partial charge is 0.255 e. The van der Waals surface area contributed by atoms with Gasteiger partial charge in [-0.15, -0.1) is 0 Å². The molecule has 0 aliphatic carbocycles. The zero-order valence-corrected chi connectivity index (χ0v) is 11.4. The topological polar surface area (TPSA) is 94.6 Å². The lowest BCUT2D eigenvalue weighted by Crippen LogP contribution is -2.20. The van der Waals surface area contributed by atoms with Gasteiger partial charge in [-0.3, -0.25) is 9.59 Å². The number of nitrogens with one attached hydrogen (secondary N) is 1. The Morgan fingerprint density at radius 2 is 2.10 bits per heavy atom. The maximum Gasteiger partial charge on any atom is 0.255 e. The van der Waals surface area contributed by atoms with Gasteiger partial charge in [0, 0.05) is 24.6 Å². The first-order chi connectivity index (χ1) is 10.1. The molecule has 0 saturated heterocycles. The lowest BCUT2D eigenvalue weighted by atomic mass is 10.2. The molecule has 3 N–H and O–H groups in total. The zero-order chi connectivity index (χ0) is 15.1. The maximum atomic E-state index is 11.8. The van der Waals surface area contributed by atoms with E-state index in [1.807, 2.05) is 6.07 Å². The van der Waals surface area contributed by atoms with Gasteiger partial charge in [0.1, 0.15) is 11.5 Å². The highest BCUT2D eigenvalue weighted by Crippen LogP contribution is 2.17. The molecule has 0 bridgehead atoms. The van der Waals surface area contributed by atoms with Crippen molar-refractivity contribution >= 4 is 17.5 Å². The van der Waals surface area contributed by atoms with Crippen molar-refractivity contribution in [3.05, 3.63) is 48.4 Å². The Hall–Kier alpha value is -2.76. The second-order valence-corrected chi connectivity index (χ2v) is 4.41. The number of benzene rings is 1. The number of rotatable bonds is 7. The minimum absolute atomic E-state index is 0.126. The third-order valence-corrected chi connectivity index (χ3v) is 2.68. The molecule has 2 aromatic rings. The molecular formula is C15H16N2O4. The first kappa shape index (κ1) is 14.6. The summed E-state index contributed by atoms with van der Waals surface area (Å²) >= 11 is 0. The first-order valence-corrected chi connectivity index (χ1v) is 6.47. The van der Waals surface area contributed by atoms with Gasteiger partial charge in [-0.1, -0.05) is 6.07 Å². The van der Waals surface area contributed by atoms with Crippen LogP contribution in [-0.4, -0.2) is 18.4 Å². The molecule has 1 aromatic heterocycles. The lowest BCUT2D eigenvalue weighted by molar-refractivity contribution is -0.120. The Labute approximate surface area is 121 Å². The van der Waals surface area contributed by atoms with Crippen LogP contribution < -0.4 is 15.8 Å². The van der Waals surface area contributed by atoms with Crippen molar-refractivity contribution in [2.24, 2.45) is 5.73 Å². The Balaban J connectivity index is 1.85. The van der Waals surface area contributed by atoms with Crippen LogP contribution in [0.25, 0.3) is 0 Å². The van der Waals surface area contributed by atoms with Crippen LogP contribution in [0.5, 0.6) is 5.75 Å². The summed E-state index contributed by atoms with van der Waals surface area (Å²) in [6, 6.07) is 10.4. The molecule has 110 valence electrons. The van der Waals surface area contributed by atoms with E-state index < -0.39 is 5.91 Å². The molecule has 0 fully saturated rings. The third kappa shape index (κ3) is 5.02. The number of carbonyl (C=O) groups is 2. The number of primary amides is 1. The van der Waals surface area contributed by atoms with E-state index >= 15 is 0 Å². The standard InChI is InChI=1S/C15H16N2O4/c16-14(18)10-21-13-4-1-3-11(9-13)17-15(19)7-6-12-5-2-8-20-12/h1-5,8-9H,6-7,10H2,(H2,16,18)(H,17,19). The molecule has 0 aliphatic rings. The highest BCUT2D eigenvalue weighted by Gasteiger charge is 2.06. The SMILES string of the molecule is NC(=O)COc1cccc(NC(=O)CCc2ccco2)c1. The van der Waals surface area contributed by atoms with Gasteiger partial charge in [0.25, 0.3) is 5.91 Å². The number of hydrogen-bond acceptors (Lipinski definition) is 4. The molecule has 21 heavy (non-hydrogen) atoms. The summed E-state index contributed by atoms with van der Waals surface area (Å²) in [5.41, 5.74) is 5.60. The van der Waals surface area contributed by atoms with Crippen molar-refractivity contribution < 1.29 is 18.7 Å². The molecule has 0 spiro atoms. The van der Waals surface area contributed by atoms with Gasteiger partial charge in [-0.2, -0.15) is 0 Å². The predicted octanol–water partition coefficient (Wildman–Crippen LogP) is 1.71. The van der Waals surface area contributed by atoms with Gasteiger partial charge in [-0.05, 0) is 24.3 Å². The summed E-state index contributed by atoms with van der Waals surface area (Å²) in [5, 5.41) is 2.76. The summed E-state index contributed by atoms with van der Waals surface area (Å²) in [6.45, 7) is -0.199. The van der Waals surface area contributed by atoms with Crippen molar-refractivity contribution in [1.82, 2.24) is 0 Å². The van der Waals surface area contributed by atoms with Crippen LogP contribution in [0.1, 0.15) is 12.2 Å². The number of hydrogen-bond donors (Lipinski definition) is 2. The van der Waals surface area contributed by atoms with Crippen LogP contribution >= 0.6 is 0 Å². The van der Waals surface area contributed by atoms with Gasteiger partial charge < -0.3 is 20.2 Å². The van der Waals surface area contributed by atoms with Crippen molar-refractivity contribution in [2.75, 3.05) is 11.9 Å². The van der Waals surface area contributed by atoms with E-state index in [1.165, 1.54) is 0 Å². The fourth-order valence-corrected chi connectivity index (χ4v) is 1.73. The molecule has 2 amide bonds. The number of ether oxygens (including phenoxy) is 1. The Morgan fingerprint density at radius 1 is 1.24 bits per heavy atom. The summed E-state index contributed by atoms with van der Waals surface area (Å²) < 4.78 is 10.3. The van der Waals surface area contributed by atoms with Gasteiger partial charge in [0.05, 0.1) is 6.26 Å². The highest BCUT2D eigenvalue weighted by atomic mass is 16.5. The van der Waals surface area contributed by atoms with Crippen molar-refractivity contribution in [1.29, 1.82) is 0 Å². The fraction of sp³-hybridized carbons (Fsp3) is 0.200. The van der Waals surface area contributed by atoms with Gasteiger partial charge in [-0.25, -0.2) is 0 Å². The molecule has 0 radical (unpaired) electrons.